The fourth-order valence-electron chi connectivity index (χ4n) is 2.34. The van der Waals surface area contributed by atoms with Crippen LogP contribution in [0.5, 0.6) is 5.75 Å². The molecule has 0 spiro atoms. The maximum absolute atomic E-state index is 12.5. The average Bonchev–Trinajstić information content (AvgIpc) is 2.86. The van der Waals surface area contributed by atoms with Crippen molar-refractivity contribution in [1.29, 1.82) is 0 Å². The van der Waals surface area contributed by atoms with Gasteiger partial charge in [0.1, 0.15) is 5.75 Å². The van der Waals surface area contributed by atoms with Gasteiger partial charge in [-0.05, 0) is 24.6 Å². The summed E-state index contributed by atoms with van der Waals surface area (Å²) in [6.07, 6.45) is 0.893. The predicted octanol–water partition coefficient (Wildman–Crippen LogP) is 3.16. The number of para-hydroxylation sites is 1. The molecule has 3 rings (SSSR count). The van der Waals surface area contributed by atoms with E-state index in [-0.39, 0.29) is 5.78 Å². The lowest BCUT2D eigenvalue weighted by Gasteiger charge is -2.07. The molecule has 0 saturated carbocycles. The van der Waals surface area contributed by atoms with Crippen LogP contribution >= 0.6 is 0 Å². The number of rotatable bonds is 2. The smallest absolute Gasteiger partial charge is 0.196 e. The molecule has 0 unspecified atom stereocenters. The molecule has 2 nitrogen and oxygen atoms in total. The van der Waals surface area contributed by atoms with E-state index in [0.717, 1.165) is 28.9 Å². The van der Waals surface area contributed by atoms with Gasteiger partial charge in [0.15, 0.2) is 5.78 Å². The van der Waals surface area contributed by atoms with Crippen molar-refractivity contribution < 1.29 is 9.53 Å². The Hall–Kier alpha value is -2.09. The third kappa shape index (κ3) is 1.80. The Morgan fingerprint density at radius 2 is 2.00 bits per heavy atom. The second-order valence-corrected chi connectivity index (χ2v) is 4.59. The van der Waals surface area contributed by atoms with Gasteiger partial charge in [-0.25, -0.2) is 0 Å². The second kappa shape index (κ2) is 4.30. The minimum Gasteiger partial charge on any atom is -0.492 e. The number of hydrogen-bond acceptors (Lipinski definition) is 2. The highest BCUT2D eigenvalue weighted by atomic mass is 16.5. The number of aryl methyl sites for hydroxylation is 1. The monoisotopic (exact) mass is 238 g/mol. The molecule has 0 fully saturated rings. The van der Waals surface area contributed by atoms with Crippen LogP contribution in [-0.4, -0.2) is 12.4 Å². The predicted molar refractivity (Wildman–Crippen MR) is 70.3 cm³/mol. The molecule has 0 aromatic heterocycles. The van der Waals surface area contributed by atoms with Crippen LogP contribution in [0.25, 0.3) is 0 Å². The topological polar surface area (TPSA) is 26.3 Å². The summed E-state index contributed by atoms with van der Waals surface area (Å²) in [5.41, 5.74) is 3.62. The lowest BCUT2D eigenvalue weighted by atomic mass is 9.99. The fraction of sp³-hybridized carbons (Fsp3) is 0.188. The summed E-state index contributed by atoms with van der Waals surface area (Å²) in [6, 6.07) is 13.5. The molecule has 1 aliphatic rings. The molecular formula is C16H14O2. The van der Waals surface area contributed by atoms with Gasteiger partial charge in [-0.3, -0.25) is 4.79 Å². The average molecular weight is 238 g/mol. The summed E-state index contributed by atoms with van der Waals surface area (Å²) < 4.78 is 5.58. The van der Waals surface area contributed by atoms with E-state index < -0.39 is 0 Å². The summed E-state index contributed by atoms with van der Waals surface area (Å²) >= 11 is 0. The molecule has 0 atom stereocenters. The number of ketones is 1. The molecule has 0 N–H and O–H groups in total. The first kappa shape index (κ1) is 11.0. The van der Waals surface area contributed by atoms with Crippen molar-refractivity contribution in [2.75, 3.05) is 6.61 Å². The lowest BCUT2D eigenvalue weighted by Crippen LogP contribution is -2.03. The van der Waals surface area contributed by atoms with E-state index in [9.17, 15) is 4.79 Å². The number of carbonyl (C=O) groups is 1. The lowest BCUT2D eigenvalue weighted by molar-refractivity contribution is 0.103. The Morgan fingerprint density at radius 1 is 1.17 bits per heavy atom. The molecule has 0 bridgehead atoms. The van der Waals surface area contributed by atoms with Crippen LogP contribution in [0.15, 0.2) is 42.5 Å². The molecule has 90 valence electrons. The Morgan fingerprint density at radius 3 is 2.83 bits per heavy atom. The highest BCUT2D eigenvalue weighted by Crippen LogP contribution is 2.31. The summed E-state index contributed by atoms with van der Waals surface area (Å²) in [5, 5.41) is 0. The summed E-state index contributed by atoms with van der Waals surface area (Å²) in [4.78, 5) is 12.5. The number of fused-ring (bicyclic) bond motifs is 1. The zero-order valence-corrected chi connectivity index (χ0v) is 10.3. The molecule has 0 amide bonds. The molecule has 2 heteroatoms. The minimum atomic E-state index is 0.0393. The number of benzene rings is 2. The zero-order valence-electron chi connectivity index (χ0n) is 10.3. The zero-order chi connectivity index (χ0) is 12.5. The maximum atomic E-state index is 12.5. The normalized spacial score (nSPS) is 12.9. The molecule has 0 radical (unpaired) electrons. The van der Waals surface area contributed by atoms with E-state index in [1.165, 1.54) is 0 Å². The van der Waals surface area contributed by atoms with E-state index in [0.29, 0.717) is 12.2 Å². The Bertz CT molecular complexity index is 614. The Labute approximate surface area is 106 Å². The molecule has 0 aliphatic carbocycles. The molecule has 0 saturated heterocycles. The highest BCUT2D eigenvalue weighted by Gasteiger charge is 2.21. The summed E-state index contributed by atoms with van der Waals surface area (Å²) in [5.74, 6) is 0.807. The third-order valence-corrected chi connectivity index (χ3v) is 3.24. The van der Waals surface area contributed by atoms with Gasteiger partial charge in [-0.15, -0.1) is 0 Å². The van der Waals surface area contributed by atoms with Gasteiger partial charge in [0.25, 0.3) is 0 Å². The van der Waals surface area contributed by atoms with Gasteiger partial charge in [0, 0.05) is 12.0 Å². The van der Waals surface area contributed by atoms with Gasteiger partial charge in [-0.2, -0.15) is 0 Å². The quantitative estimate of drug-likeness (QED) is 0.751. The summed E-state index contributed by atoms with van der Waals surface area (Å²) in [7, 11) is 0. The molecule has 2 aromatic carbocycles. The van der Waals surface area contributed by atoms with E-state index in [1.807, 2.05) is 49.4 Å². The van der Waals surface area contributed by atoms with Gasteiger partial charge in [0.2, 0.25) is 0 Å². The third-order valence-electron chi connectivity index (χ3n) is 3.24. The van der Waals surface area contributed by atoms with Crippen molar-refractivity contribution in [3.63, 3.8) is 0 Å². The van der Waals surface area contributed by atoms with Crippen LogP contribution in [0.4, 0.5) is 0 Å². The van der Waals surface area contributed by atoms with Crippen molar-refractivity contribution in [1.82, 2.24) is 0 Å². The molecule has 2 aromatic rings. The summed E-state index contributed by atoms with van der Waals surface area (Å²) in [6.45, 7) is 2.66. The fourth-order valence-corrected chi connectivity index (χ4v) is 2.34. The van der Waals surface area contributed by atoms with E-state index in [2.05, 4.69) is 0 Å². The highest BCUT2D eigenvalue weighted by molar-refractivity contribution is 6.11. The van der Waals surface area contributed by atoms with Crippen LogP contribution in [-0.2, 0) is 6.42 Å². The first-order valence-electron chi connectivity index (χ1n) is 6.12. The van der Waals surface area contributed by atoms with Gasteiger partial charge < -0.3 is 4.74 Å². The van der Waals surface area contributed by atoms with Crippen LogP contribution in [0, 0.1) is 6.92 Å². The van der Waals surface area contributed by atoms with Crippen LogP contribution < -0.4 is 4.74 Å². The van der Waals surface area contributed by atoms with E-state index in [1.54, 1.807) is 0 Å². The van der Waals surface area contributed by atoms with Crippen LogP contribution in [0.1, 0.15) is 27.0 Å². The maximum Gasteiger partial charge on any atom is 0.196 e. The number of carbonyl (C=O) groups excluding carboxylic acids is 1. The van der Waals surface area contributed by atoms with Crippen molar-refractivity contribution in [2.24, 2.45) is 0 Å². The first-order valence-corrected chi connectivity index (χ1v) is 6.12. The molecular weight excluding hydrogens is 224 g/mol. The van der Waals surface area contributed by atoms with Crippen LogP contribution in [0.2, 0.25) is 0 Å². The minimum absolute atomic E-state index is 0.0393. The number of ether oxygens (including phenoxy) is 1. The standard InChI is InChI=1S/C16H14O2/c1-11-4-2-6-13(10-11)15(17)14-7-3-5-12-8-9-18-16(12)14/h2-7,10H,8-9H2,1H3. The van der Waals surface area contributed by atoms with Gasteiger partial charge in [0.05, 0.1) is 12.2 Å². The van der Waals surface area contributed by atoms with Crippen molar-refractivity contribution in [3.8, 4) is 5.75 Å². The van der Waals surface area contributed by atoms with Crippen molar-refractivity contribution in [2.45, 2.75) is 13.3 Å². The van der Waals surface area contributed by atoms with Gasteiger partial charge in [-0.1, -0.05) is 35.9 Å². The number of hydrogen-bond donors (Lipinski definition) is 0. The van der Waals surface area contributed by atoms with Crippen molar-refractivity contribution >= 4 is 5.78 Å². The van der Waals surface area contributed by atoms with Gasteiger partial charge >= 0.3 is 0 Å². The van der Waals surface area contributed by atoms with Crippen LogP contribution in [0.3, 0.4) is 0 Å². The molecule has 1 aliphatic heterocycles. The Kier molecular flexibility index (Phi) is 2.63. The molecule has 18 heavy (non-hydrogen) atoms. The Balaban J connectivity index is 2.06. The first-order chi connectivity index (χ1) is 8.75. The van der Waals surface area contributed by atoms with E-state index >= 15 is 0 Å². The second-order valence-electron chi connectivity index (χ2n) is 4.59. The molecule has 1 heterocycles. The SMILES string of the molecule is Cc1cccc(C(=O)c2cccc3c2OCC3)c1. The van der Waals surface area contributed by atoms with Crippen molar-refractivity contribution in [3.05, 3.63) is 64.7 Å². The largest absolute Gasteiger partial charge is 0.492 e. The van der Waals surface area contributed by atoms with E-state index in [4.69, 9.17) is 4.74 Å².